The topological polar surface area (TPSA) is 48.3 Å². The lowest BCUT2D eigenvalue weighted by molar-refractivity contribution is -0.135. The number of pyridine rings is 1. The third-order valence-corrected chi connectivity index (χ3v) is 5.81. The van der Waals surface area contributed by atoms with Gasteiger partial charge in [-0.15, -0.1) is 0 Å². The maximum Gasteiger partial charge on any atom is 0.312 e. The lowest BCUT2D eigenvalue weighted by Crippen LogP contribution is -2.32. The summed E-state index contributed by atoms with van der Waals surface area (Å²) < 4.78 is 7.38. The molecule has 4 nitrogen and oxygen atoms in total. The zero-order valence-electron chi connectivity index (χ0n) is 16.7. The molecule has 0 bridgehead atoms. The highest BCUT2D eigenvalue weighted by molar-refractivity contribution is 5.92. The quantitative estimate of drug-likeness (QED) is 0.459. The highest BCUT2D eigenvalue weighted by Gasteiger charge is 2.34. The molecule has 0 aliphatic carbocycles. The molecule has 0 saturated carbocycles. The van der Waals surface area contributed by atoms with Gasteiger partial charge in [0.15, 0.2) is 0 Å². The van der Waals surface area contributed by atoms with E-state index in [2.05, 4.69) is 19.1 Å². The van der Waals surface area contributed by atoms with Crippen molar-refractivity contribution in [1.82, 2.24) is 4.57 Å². The fraction of sp³-hybridized carbons (Fsp3) is 0.154. The SMILES string of the molecule is CCc1ccc(C2CC(=O)Oc3c2c(=O)n(-c2ccccc2)c2ccccc32)cc1. The fourth-order valence-corrected chi connectivity index (χ4v) is 4.28. The van der Waals surface area contributed by atoms with Crippen molar-refractivity contribution in [3.8, 4) is 11.4 Å². The van der Waals surface area contributed by atoms with Crippen LogP contribution in [0.25, 0.3) is 16.6 Å². The number of carbonyl (C=O) groups excluding carboxylic acids is 1. The number of ether oxygens (including phenoxy) is 1. The van der Waals surface area contributed by atoms with E-state index in [9.17, 15) is 9.59 Å². The molecule has 0 N–H and O–H groups in total. The Balaban J connectivity index is 1.83. The number of rotatable bonds is 3. The van der Waals surface area contributed by atoms with Crippen LogP contribution in [0.4, 0.5) is 0 Å². The molecule has 30 heavy (non-hydrogen) atoms. The highest BCUT2D eigenvalue weighted by Crippen LogP contribution is 2.41. The van der Waals surface area contributed by atoms with E-state index in [1.54, 1.807) is 4.57 Å². The predicted molar refractivity (Wildman–Crippen MR) is 117 cm³/mol. The van der Waals surface area contributed by atoms with Gasteiger partial charge in [-0.2, -0.15) is 0 Å². The van der Waals surface area contributed by atoms with Gasteiger partial charge < -0.3 is 4.74 Å². The highest BCUT2D eigenvalue weighted by atomic mass is 16.5. The van der Waals surface area contributed by atoms with Crippen LogP contribution in [0.5, 0.6) is 5.75 Å². The number of fused-ring (bicyclic) bond motifs is 3. The van der Waals surface area contributed by atoms with Gasteiger partial charge in [-0.1, -0.05) is 61.5 Å². The Morgan fingerprint density at radius 3 is 2.33 bits per heavy atom. The van der Waals surface area contributed by atoms with Crippen LogP contribution in [0.2, 0.25) is 0 Å². The summed E-state index contributed by atoms with van der Waals surface area (Å²) in [5, 5.41) is 0.763. The molecule has 1 aliphatic heterocycles. The van der Waals surface area contributed by atoms with Crippen molar-refractivity contribution in [1.29, 1.82) is 0 Å². The summed E-state index contributed by atoms with van der Waals surface area (Å²) >= 11 is 0. The van der Waals surface area contributed by atoms with Crippen LogP contribution in [0.1, 0.15) is 36.0 Å². The van der Waals surface area contributed by atoms with Crippen molar-refractivity contribution in [2.24, 2.45) is 0 Å². The second-order valence-electron chi connectivity index (χ2n) is 7.56. The van der Waals surface area contributed by atoms with Crippen LogP contribution < -0.4 is 10.3 Å². The maximum atomic E-state index is 13.8. The smallest absolute Gasteiger partial charge is 0.312 e. The van der Waals surface area contributed by atoms with Crippen LogP contribution >= 0.6 is 0 Å². The number of para-hydroxylation sites is 2. The third-order valence-electron chi connectivity index (χ3n) is 5.81. The van der Waals surface area contributed by atoms with Gasteiger partial charge in [-0.05, 0) is 41.8 Å². The molecule has 1 aromatic heterocycles. The first-order chi connectivity index (χ1) is 14.7. The zero-order chi connectivity index (χ0) is 20.7. The molecule has 0 saturated heterocycles. The Hall–Kier alpha value is -3.66. The monoisotopic (exact) mass is 395 g/mol. The Morgan fingerprint density at radius 2 is 1.60 bits per heavy atom. The Kier molecular flexibility index (Phi) is 4.47. The fourth-order valence-electron chi connectivity index (χ4n) is 4.28. The minimum atomic E-state index is -0.334. The van der Waals surface area contributed by atoms with Gasteiger partial charge in [0.1, 0.15) is 5.75 Å². The normalized spacial score (nSPS) is 15.6. The summed E-state index contributed by atoms with van der Waals surface area (Å²) in [6.45, 7) is 2.10. The molecule has 2 heterocycles. The molecule has 0 radical (unpaired) electrons. The van der Waals surface area contributed by atoms with E-state index in [0.29, 0.717) is 11.3 Å². The maximum absolute atomic E-state index is 13.8. The Morgan fingerprint density at radius 1 is 0.900 bits per heavy atom. The zero-order valence-corrected chi connectivity index (χ0v) is 16.7. The van der Waals surface area contributed by atoms with Crippen molar-refractivity contribution in [3.05, 3.63) is 106 Å². The van der Waals surface area contributed by atoms with Crippen LogP contribution in [0.3, 0.4) is 0 Å². The number of hydrogen-bond acceptors (Lipinski definition) is 3. The van der Waals surface area contributed by atoms with E-state index < -0.39 is 0 Å². The lowest BCUT2D eigenvalue weighted by atomic mass is 9.85. The average Bonchev–Trinajstić information content (AvgIpc) is 2.79. The van der Waals surface area contributed by atoms with E-state index >= 15 is 0 Å². The molecule has 3 aromatic carbocycles. The molecule has 1 aliphatic rings. The molecule has 5 rings (SSSR count). The number of aromatic nitrogens is 1. The first kappa shape index (κ1) is 18.4. The predicted octanol–water partition coefficient (Wildman–Crippen LogP) is 4.99. The van der Waals surface area contributed by atoms with Gasteiger partial charge in [0.25, 0.3) is 5.56 Å². The van der Waals surface area contributed by atoms with E-state index in [0.717, 1.165) is 28.6 Å². The summed E-state index contributed by atoms with van der Waals surface area (Å²) in [5.41, 5.74) is 4.09. The minimum Gasteiger partial charge on any atom is -0.425 e. The van der Waals surface area contributed by atoms with Gasteiger partial charge in [-0.3, -0.25) is 14.2 Å². The summed E-state index contributed by atoms with van der Waals surface area (Å²) in [7, 11) is 0. The summed E-state index contributed by atoms with van der Waals surface area (Å²) in [6, 6.07) is 25.3. The lowest BCUT2D eigenvalue weighted by Gasteiger charge is -2.27. The summed E-state index contributed by atoms with van der Waals surface area (Å²) in [6.07, 6.45) is 1.09. The third kappa shape index (κ3) is 2.92. The molecule has 1 unspecified atom stereocenters. The van der Waals surface area contributed by atoms with Crippen LogP contribution in [0.15, 0.2) is 83.7 Å². The molecular formula is C26H21NO3. The second-order valence-corrected chi connectivity index (χ2v) is 7.56. The molecule has 0 amide bonds. The number of aryl methyl sites for hydroxylation is 1. The number of nitrogens with zero attached hydrogens (tertiary/aromatic N) is 1. The van der Waals surface area contributed by atoms with Crippen molar-refractivity contribution in [3.63, 3.8) is 0 Å². The molecule has 0 spiro atoms. The van der Waals surface area contributed by atoms with Gasteiger partial charge in [0, 0.05) is 17.0 Å². The average molecular weight is 395 g/mol. The molecule has 4 aromatic rings. The number of esters is 1. The van der Waals surface area contributed by atoms with Crippen molar-refractivity contribution >= 4 is 16.9 Å². The first-order valence-electron chi connectivity index (χ1n) is 10.2. The van der Waals surface area contributed by atoms with Crippen molar-refractivity contribution in [2.45, 2.75) is 25.7 Å². The minimum absolute atomic E-state index is 0.146. The van der Waals surface area contributed by atoms with E-state index in [-0.39, 0.29) is 23.9 Å². The van der Waals surface area contributed by atoms with Crippen LogP contribution in [-0.4, -0.2) is 10.5 Å². The Labute approximate surface area is 174 Å². The molecule has 0 fully saturated rings. The van der Waals surface area contributed by atoms with E-state index in [4.69, 9.17) is 4.74 Å². The van der Waals surface area contributed by atoms with E-state index in [1.807, 2.05) is 66.7 Å². The molecule has 4 heteroatoms. The molecule has 148 valence electrons. The number of hydrogen-bond donors (Lipinski definition) is 0. The van der Waals surface area contributed by atoms with Gasteiger partial charge in [0.2, 0.25) is 0 Å². The summed E-state index contributed by atoms with van der Waals surface area (Å²) in [4.78, 5) is 26.3. The summed E-state index contributed by atoms with van der Waals surface area (Å²) in [5.74, 6) is -0.253. The van der Waals surface area contributed by atoms with Crippen LogP contribution in [-0.2, 0) is 11.2 Å². The van der Waals surface area contributed by atoms with Gasteiger partial charge in [-0.25, -0.2) is 0 Å². The molecule has 1 atom stereocenters. The van der Waals surface area contributed by atoms with Gasteiger partial charge >= 0.3 is 5.97 Å². The van der Waals surface area contributed by atoms with E-state index in [1.165, 1.54) is 5.56 Å². The van der Waals surface area contributed by atoms with Crippen molar-refractivity contribution in [2.75, 3.05) is 0 Å². The van der Waals surface area contributed by atoms with Crippen LogP contribution in [0, 0.1) is 0 Å². The van der Waals surface area contributed by atoms with Crippen molar-refractivity contribution < 1.29 is 9.53 Å². The number of carbonyl (C=O) groups is 1. The van der Waals surface area contributed by atoms with Gasteiger partial charge in [0.05, 0.1) is 17.5 Å². The second kappa shape index (κ2) is 7.30. The first-order valence-corrected chi connectivity index (χ1v) is 10.2. The Bertz CT molecular complexity index is 1300. The number of benzene rings is 3. The standard InChI is InChI=1S/C26H21NO3/c1-2-17-12-14-18(15-13-17)21-16-23(28)30-25-20-10-6-7-11-22(20)27(26(29)24(21)25)19-8-4-3-5-9-19/h3-15,21H,2,16H2,1H3. The largest absolute Gasteiger partial charge is 0.425 e. The molecular weight excluding hydrogens is 374 g/mol.